The summed E-state index contributed by atoms with van der Waals surface area (Å²) < 4.78 is 25.7. The van der Waals surface area contributed by atoms with Crippen LogP contribution >= 0.6 is 0 Å². The highest BCUT2D eigenvalue weighted by Gasteiger charge is 2.16. The monoisotopic (exact) mass is 271 g/mol. The van der Waals surface area contributed by atoms with Crippen molar-refractivity contribution in [3.63, 3.8) is 0 Å². The molecule has 7 heteroatoms. The van der Waals surface area contributed by atoms with Crippen molar-refractivity contribution in [2.75, 3.05) is 25.5 Å². The Hall–Kier alpha value is -1.60. The predicted octanol–water partition coefficient (Wildman–Crippen LogP) is 0.143. The second kappa shape index (κ2) is 6.36. The minimum absolute atomic E-state index is 0.0318. The number of likely N-dealkylation sites (N-methyl/N-ethyl adjacent to an activating group) is 1. The zero-order valence-corrected chi connectivity index (χ0v) is 11.2. The summed E-state index contributed by atoms with van der Waals surface area (Å²) in [5, 5.41) is 5.43. The molecule has 0 aliphatic carbocycles. The van der Waals surface area contributed by atoms with Gasteiger partial charge < -0.3 is 10.6 Å². The molecular formula is C11H17N3O3S. The van der Waals surface area contributed by atoms with Crippen LogP contribution < -0.4 is 15.4 Å². The number of carbonyl (C=O) groups excluding carboxylic acids is 1. The van der Waals surface area contributed by atoms with Gasteiger partial charge in [-0.2, -0.15) is 0 Å². The molecule has 6 nitrogen and oxygen atoms in total. The molecule has 100 valence electrons. The minimum atomic E-state index is -3.53. The number of sulfonamides is 1. The number of hydrogen-bond donors (Lipinski definition) is 3. The van der Waals surface area contributed by atoms with Gasteiger partial charge in [-0.15, -0.1) is 0 Å². The quantitative estimate of drug-likeness (QED) is 0.687. The van der Waals surface area contributed by atoms with Crippen LogP contribution in [0.2, 0.25) is 0 Å². The highest BCUT2D eigenvalue weighted by molar-refractivity contribution is 7.89. The van der Waals surface area contributed by atoms with Gasteiger partial charge >= 0.3 is 0 Å². The smallest absolute Gasteiger partial charge is 0.242 e. The lowest BCUT2D eigenvalue weighted by atomic mass is 10.3. The first-order valence-corrected chi connectivity index (χ1v) is 7.02. The molecule has 0 aliphatic heterocycles. The maximum atomic E-state index is 11.7. The van der Waals surface area contributed by atoms with E-state index in [1.54, 1.807) is 18.2 Å². The summed E-state index contributed by atoms with van der Waals surface area (Å²) in [6, 6.07) is 6.42. The van der Waals surface area contributed by atoms with E-state index in [1.165, 1.54) is 13.1 Å². The number of nitrogens with one attached hydrogen (secondary N) is 3. The van der Waals surface area contributed by atoms with Crippen molar-refractivity contribution < 1.29 is 13.2 Å². The first-order chi connectivity index (χ1) is 8.51. The molecule has 0 spiro atoms. The van der Waals surface area contributed by atoms with E-state index in [0.29, 0.717) is 12.2 Å². The molecule has 1 amide bonds. The largest absolute Gasteiger partial charge is 0.375 e. The van der Waals surface area contributed by atoms with Crippen molar-refractivity contribution in [3.8, 4) is 0 Å². The number of carbonyl (C=O) groups is 1. The van der Waals surface area contributed by atoms with Crippen LogP contribution in [0.5, 0.6) is 0 Å². The molecule has 0 aromatic heterocycles. The Bertz CT molecular complexity index is 514. The van der Waals surface area contributed by atoms with Crippen molar-refractivity contribution in [3.05, 3.63) is 24.3 Å². The predicted molar refractivity (Wildman–Crippen MR) is 69.9 cm³/mol. The van der Waals surface area contributed by atoms with E-state index in [0.717, 1.165) is 0 Å². The first kappa shape index (κ1) is 14.5. The fourth-order valence-corrected chi connectivity index (χ4v) is 2.30. The lowest BCUT2D eigenvalue weighted by Gasteiger charge is -2.11. The van der Waals surface area contributed by atoms with Crippen LogP contribution in [-0.4, -0.2) is 34.5 Å². The lowest BCUT2D eigenvalue weighted by molar-refractivity contribution is -0.119. The van der Waals surface area contributed by atoms with Crippen LogP contribution in [0.3, 0.4) is 0 Å². The number of anilines is 1. The third-order valence-corrected chi connectivity index (χ3v) is 3.73. The average molecular weight is 271 g/mol. The van der Waals surface area contributed by atoms with E-state index in [1.807, 2.05) is 6.92 Å². The molecule has 18 heavy (non-hydrogen) atoms. The highest BCUT2D eigenvalue weighted by atomic mass is 32.2. The van der Waals surface area contributed by atoms with Crippen LogP contribution in [0, 0.1) is 0 Å². The van der Waals surface area contributed by atoms with Crippen molar-refractivity contribution in [2.45, 2.75) is 11.8 Å². The number of para-hydroxylation sites is 1. The molecule has 0 fully saturated rings. The van der Waals surface area contributed by atoms with Gasteiger partial charge in [0.2, 0.25) is 15.9 Å². The van der Waals surface area contributed by atoms with Gasteiger partial charge in [0.25, 0.3) is 0 Å². The second-order valence-corrected chi connectivity index (χ2v) is 5.37. The van der Waals surface area contributed by atoms with Gasteiger partial charge in [-0.25, -0.2) is 13.1 Å². The third-order valence-electron chi connectivity index (χ3n) is 2.26. The molecule has 1 aromatic carbocycles. The normalized spacial score (nSPS) is 11.0. The van der Waals surface area contributed by atoms with E-state index < -0.39 is 10.0 Å². The molecule has 0 unspecified atom stereocenters. The fourth-order valence-electron chi connectivity index (χ4n) is 1.39. The van der Waals surface area contributed by atoms with Gasteiger partial charge in [0, 0.05) is 6.54 Å². The van der Waals surface area contributed by atoms with E-state index >= 15 is 0 Å². The molecule has 0 saturated heterocycles. The summed E-state index contributed by atoms with van der Waals surface area (Å²) in [5.41, 5.74) is 0.401. The molecule has 3 N–H and O–H groups in total. The van der Waals surface area contributed by atoms with E-state index in [-0.39, 0.29) is 17.3 Å². The minimum Gasteiger partial charge on any atom is -0.375 e. The molecule has 0 saturated carbocycles. The van der Waals surface area contributed by atoms with Crippen molar-refractivity contribution >= 4 is 21.6 Å². The number of benzene rings is 1. The third kappa shape index (κ3) is 3.71. The van der Waals surface area contributed by atoms with Crippen LogP contribution in [0.25, 0.3) is 0 Å². The second-order valence-electron chi connectivity index (χ2n) is 3.51. The summed E-state index contributed by atoms with van der Waals surface area (Å²) in [7, 11) is -2.19. The molecule has 0 atom stereocenters. The molecule has 0 aliphatic rings. The van der Waals surface area contributed by atoms with E-state index in [9.17, 15) is 13.2 Å². The number of rotatable bonds is 6. The number of amides is 1. The topological polar surface area (TPSA) is 87.3 Å². The van der Waals surface area contributed by atoms with Crippen LogP contribution in [0.15, 0.2) is 29.2 Å². The maximum absolute atomic E-state index is 11.7. The Morgan fingerprint density at radius 3 is 2.56 bits per heavy atom. The van der Waals surface area contributed by atoms with Crippen molar-refractivity contribution in [1.29, 1.82) is 0 Å². The van der Waals surface area contributed by atoms with Crippen LogP contribution in [0.1, 0.15) is 6.92 Å². The lowest BCUT2D eigenvalue weighted by Crippen LogP contribution is -2.30. The Kier molecular flexibility index (Phi) is 5.11. The Morgan fingerprint density at radius 1 is 1.28 bits per heavy atom. The van der Waals surface area contributed by atoms with Gasteiger partial charge in [0.15, 0.2) is 0 Å². The van der Waals surface area contributed by atoms with Crippen LogP contribution in [-0.2, 0) is 14.8 Å². The van der Waals surface area contributed by atoms with Gasteiger partial charge in [0.05, 0.1) is 12.2 Å². The maximum Gasteiger partial charge on any atom is 0.242 e. The van der Waals surface area contributed by atoms with E-state index in [2.05, 4.69) is 15.4 Å². The van der Waals surface area contributed by atoms with Crippen molar-refractivity contribution in [2.24, 2.45) is 0 Å². The Morgan fingerprint density at radius 2 is 1.94 bits per heavy atom. The highest BCUT2D eigenvalue weighted by Crippen LogP contribution is 2.19. The van der Waals surface area contributed by atoms with Crippen molar-refractivity contribution in [1.82, 2.24) is 10.0 Å². The summed E-state index contributed by atoms with van der Waals surface area (Å²) in [5.74, 6) is -0.186. The van der Waals surface area contributed by atoms with Gasteiger partial charge in [-0.1, -0.05) is 12.1 Å². The Labute approximate surface area is 107 Å². The molecule has 0 bridgehead atoms. The van der Waals surface area contributed by atoms with Gasteiger partial charge in [-0.3, -0.25) is 4.79 Å². The SMILES string of the molecule is CCNC(=O)CNc1ccccc1S(=O)(=O)NC. The first-order valence-electron chi connectivity index (χ1n) is 5.54. The molecule has 1 rings (SSSR count). The number of hydrogen-bond acceptors (Lipinski definition) is 4. The zero-order chi connectivity index (χ0) is 13.6. The summed E-state index contributed by atoms with van der Waals surface area (Å²) >= 11 is 0. The molecule has 0 radical (unpaired) electrons. The fraction of sp³-hybridized carbons (Fsp3) is 0.364. The molecular weight excluding hydrogens is 254 g/mol. The van der Waals surface area contributed by atoms with E-state index in [4.69, 9.17) is 0 Å². The zero-order valence-electron chi connectivity index (χ0n) is 10.4. The summed E-state index contributed by atoms with van der Waals surface area (Å²) in [6.07, 6.45) is 0. The molecule has 1 aromatic rings. The van der Waals surface area contributed by atoms with Gasteiger partial charge in [0.1, 0.15) is 4.90 Å². The average Bonchev–Trinajstić information content (AvgIpc) is 2.37. The van der Waals surface area contributed by atoms with Gasteiger partial charge in [-0.05, 0) is 26.1 Å². The van der Waals surface area contributed by atoms with Crippen LogP contribution in [0.4, 0.5) is 5.69 Å². The standard InChI is InChI=1S/C11H17N3O3S/c1-3-13-11(15)8-14-9-6-4-5-7-10(9)18(16,17)12-2/h4-7,12,14H,3,8H2,1-2H3,(H,13,15). The summed E-state index contributed by atoms with van der Waals surface area (Å²) in [4.78, 5) is 11.4. The molecule has 0 heterocycles. The Balaban J connectivity index is 2.87. The summed E-state index contributed by atoms with van der Waals surface area (Å²) in [6.45, 7) is 2.39.